The molecule has 0 unspecified atom stereocenters. The van der Waals surface area contributed by atoms with E-state index in [1.54, 1.807) is 11.7 Å². The van der Waals surface area contributed by atoms with Gasteiger partial charge in [0, 0.05) is 12.3 Å². The van der Waals surface area contributed by atoms with Crippen molar-refractivity contribution in [3.8, 4) is 22.0 Å². The molecule has 0 aliphatic carbocycles. The Morgan fingerprint density at radius 1 is 1.28 bits per heavy atom. The van der Waals surface area contributed by atoms with Crippen LogP contribution in [0.2, 0.25) is 0 Å². The minimum Gasteiger partial charge on any atom is -0.484 e. The van der Waals surface area contributed by atoms with Crippen molar-refractivity contribution in [2.24, 2.45) is 0 Å². The summed E-state index contributed by atoms with van der Waals surface area (Å²) in [6, 6.07) is 7.00. The Balaban J connectivity index is 1.89. The summed E-state index contributed by atoms with van der Waals surface area (Å²) in [5.41, 5.74) is 2.24. The van der Waals surface area contributed by atoms with E-state index in [-0.39, 0.29) is 16.1 Å². The van der Waals surface area contributed by atoms with E-state index in [2.05, 4.69) is 14.7 Å². The Morgan fingerprint density at radius 2 is 2.00 bits per heavy atom. The maximum Gasteiger partial charge on any atom is 0.422 e. The van der Waals surface area contributed by atoms with E-state index in [9.17, 15) is 18.0 Å². The maximum absolute atomic E-state index is 12.4. The first kappa shape index (κ1) is 17.4. The highest BCUT2D eigenvalue weighted by Crippen LogP contribution is 2.21. The molecule has 25 heavy (non-hydrogen) atoms. The minimum absolute atomic E-state index is 0.0466. The summed E-state index contributed by atoms with van der Waals surface area (Å²) in [6.07, 6.45) is -2.80. The van der Waals surface area contributed by atoms with Gasteiger partial charge >= 0.3 is 6.18 Å². The summed E-state index contributed by atoms with van der Waals surface area (Å²) in [6.45, 7) is -1.38. The number of aromatic amines is 1. The molecule has 0 aliphatic heterocycles. The van der Waals surface area contributed by atoms with Gasteiger partial charge in [0.2, 0.25) is 0 Å². The zero-order chi connectivity index (χ0) is 18.0. The molecule has 0 amide bonds. The Kier molecular flexibility index (Phi) is 4.73. The third-order valence-corrected chi connectivity index (χ3v) is 4.22. The van der Waals surface area contributed by atoms with E-state index >= 15 is 0 Å². The lowest BCUT2D eigenvalue weighted by atomic mass is 10.3. The number of nitrogens with zero attached hydrogens (tertiary/aromatic N) is 2. The molecule has 0 bridgehead atoms. The number of H-pyrrole nitrogens is 1. The number of ether oxygens (including phenoxy) is 1. The average Bonchev–Trinajstić information content (AvgIpc) is 3.07. The molecule has 0 aliphatic rings. The number of hydrogen-bond donors (Lipinski definition) is 1. The number of thiazole rings is 1. The Hall–Kier alpha value is -2.46. The molecule has 5 nitrogen and oxygen atoms in total. The van der Waals surface area contributed by atoms with Gasteiger partial charge in [0.15, 0.2) is 11.4 Å². The predicted octanol–water partition coefficient (Wildman–Crippen LogP) is 3.96. The van der Waals surface area contributed by atoms with Crippen LogP contribution in [0.4, 0.5) is 13.2 Å². The van der Waals surface area contributed by atoms with Gasteiger partial charge in [0.25, 0.3) is 5.56 Å². The van der Waals surface area contributed by atoms with Crippen LogP contribution < -0.4 is 10.3 Å². The standard InChI is InChI=1S/C15H10F3N3O2S2/c16-15(17,18)7-23-10-3-1-9(2-4-10)21-13(22)5-11(20-14(21)24)12-6-19-8-25-12/h1-6,8H,7H2,(H,20,24). The molecule has 2 heterocycles. The topological polar surface area (TPSA) is 59.9 Å². The van der Waals surface area contributed by atoms with Crippen molar-refractivity contribution in [1.29, 1.82) is 0 Å². The Morgan fingerprint density at radius 3 is 2.56 bits per heavy atom. The van der Waals surface area contributed by atoms with Crippen LogP contribution in [0, 0.1) is 4.77 Å². The lowest BCUT2D eigenvalue weighted by molar-refractivity contribution is -0.153. The number of benzene rings is 1. The highest BCUT2D eigenvalue weighted by atomic mass is 32.1. The summed E-state index contributed by atoms with van der Waals surface area (Å²) < 4.78 is 42.5. The van der Waals surface area contributed by atoms with Crippen LogP contribution in [0.3, 0.4) is 0 Å². The van der Waals surface area contributed by atoms with Crippen LogP contribution in [0.15, 0.2) is 46.8 Å². The van der Waals surface area contributed by atoms with Crippen LogP contribution >= 0.6 is 23.6 Å². The van der Waals surface area contributed by atoms with Crippen LogP contribution in [0.25, 0.3) is 16.3 Å². The first-order valence-corrected chi connectivity index (χ1v) is 8.17. The molecule has 3 rings (SSSR count). The summed E-state index contributed by atoms with van der Waals surface area (Å²) >= 11 is 6.59. The SMILES string of the molecule is O=c1cc(-c2cncs2)[nH]c(=S)n1-c1ccc(OCC(F)(F)F)cc1. The van der Waals surface area contributed by atoms with Crippen molar-refractivity contribution in [2.45, 2.75) is 6.18 Å². The molecule has 0 atom stereocenters. The molecule has 0 saturated heterocycles. The fourth-order valence-electron chi connectivity index (χ4n) is 2.08. The molecule has 2 aromatic heterocycles. The van der Waals surface area contributed by atoms with Crippen LogP contribution in [0.1, 0.15) is 0 Å². The second-order valence-corrected chi connectivity index (χ2v) is 6.20. The van der Waals surface area contributed by atoms with Gasteiger partial charge in [0.1, 0.15) is 5.75 Å². The number of halogens is 3. The highest BCUT2D eigenvalue weighted by molar-refractivity contribution is 7.71. The molecule has 1 aromatic carbocycles. The smallest absolute Gasteiger partial charge is 0.422 e. The average molecular weight is 385 g/mol. The zero-order valence-electron chi connectivity index (χ0n) is 12.4. The molecular weight excluding hydrogens is 375 g/mol. The second kappa shape index (κ2) is 6.81. The van der Waals surface area contributed by atoms with Gasteiger partial charge in [-0.05, 0) is 36.5 Å². The first-order chi connectivity index (χ1) is 11.8. The summed E-state index contributed by atoms with van der Waals surface area (Å²) in [5, 5.41) is 0. The van der Waals surface area contributed by atoms with Crippen LogP contribution in [0.5, 0.6) is 5.75 Å². The molecule has 0 radical (unpaired) electrons. The molecule has 130 valence electrons. The lowest BCUT2D eigenvalue weighted by Gasteiger charge is -2.11. The molecule has 10 heteroatoms. The summed E-state index contributed by atoms with van der Waals surface area (Å²) in [5.74, 6) is 0.0466. The van der Waals surface area contributed by atoms with Gasteiger partial charge < -0.3 is 9.72 Å². The largest absolute Gasteiger partial charge is 0.484 e. The van der Waals surface area contributed by atoms with Gasteiger partial charge in [-0.2, -0.15) is 13.2 Å². The van der Waals surface area contributed by atoms with Crippen molar-refractivity contribution < 1.29 is 17.9 Å². The number of nitrogens with one attached hydrogen (secondary N) is 1. The van der Waals surface area contributed by atoms with E-state index in [1.807, 2.05) is 0 Å². The molecule has 0 spiro atoms. The summed E-state index contributed by atoms with van der Waals surface area (Å²) in [7, 11) is 0. The number of rotatable bonds is 4. The van der Waals surface area contributed by atoms with E-state index < -0.39 is 12.8 Å². The van der Waals surface area contributed by atoms with Crippen LogP contribution in [-0.4, -0.2) is 27.3 Å². The van der Waals surface area contributed by atoms with Gasteiger partial charge in [-0.25, -0.2) is 0 Å². The third kappa shape index (κ3) is 4.15. The Labute approximate surface area is 148 Å². The zero-order valence-corrected chi connectivity index (χ0v) is 14.0. The minimum atomic E-state index is -4.41. The normalized spacial score (nSPS) is 11.5. The van der Waals surface area contributed by atoms with Crippen molar-refractivity contribution in [3.63, 3.8) is 0 Å². The number of hydrogen-bond acceptors (Lipinski definition) is 5. The molecular formula is C15H10F3N3O2S2. The predicted molar refractivity (Wildman–Crippen MR) is 89.9 cm³/mol. The van der Waals surface area contributed by atoms with E-state index in [4.69, 9.17) is 12.2 Å². The van der Waals surface area contributed by atoms with Gasteiger partial charge in [-0.3, -0.25) is 14.3 Å². The number of aromatic nitrogens is 3. The van der Waals surface area contributed by atoms with Crippen molar-refractivity contribution >= 4 is 23.6 Å². The van der Waals surface area contributed by atoms with Gasteiger partial charge in [0.05, 0.1) is 21.8 Å². The second-order valence-electron chi connectivity index (χ2n) is 4.93. The van der Waals surface area contributed by atoms with Crippen molar-refractivity contribution in [1.82, 2.24) is 14.5 Å². The molecule has 1 N–H and O–H groups in total. The molecule has 0 fully saturated rings. The highest BCUT2D eigenvalue weighted by Gasteiger charge is 2.28. The van der Waals surface area contributed by atoms with Gasteiger partial charge in [-0.1, -0.05) is 0 Å². The van der Waals surface area contributed by atoms with E-state index in [0.29, 0.717) is 11.4 Å². The molecule has 0 saturated carbocycles. The van der Waals surface area contributed by atoms with E-state index in [0.717, 1.165) is 4.88 Å². The fourth-order valence-corrected chi connectivity index (χ4v) is 2.98. The number of alkyl halides is 3. The van der Waals surface area contributed by atoms with Crippen molar-refractivity contribution in [2.75, 3.05) is 6.61 Å². The lowest BCUT2D eigenvalue weighted by Crippen LogP contribution is -2.20. The van der Waals surface area contributed by atoms with Crippen molar-refractivity contribution in [3.05, 3.63) is 57.2 Å². The van der Waals surface area contributed by atoms with Crippen LogP contribution in [-0.2, 0) is 0 Å². The monoisotopic (exact) mass is 385 g/mol. The Bertz CT molecular complexity index is 946. The quantitative estimate of drug-likeness (QED) is 0.691. The summed E-state index contributed by atoms with van der Waals surface area (Å²) in [4.78, 5) is 20.0. The molecule has 3 aromatic rings. The first-order valence-electron chi connectivity index (χ1n) is 6.89. The maximum atomic E-state index is 12.4. The van der Waals surface area contributed by atoms with Gasteiger partial charge in [-0.15, -0.1) is 11.3 Å². The fraction of sp³-hybridized carbons (Fsp3) is 0.133. The third-order valence-electron chi connectivity index (χ3n) is 3.13. The van der Waals surface area contributed by atoms with E-state index in [1.165, 1.54) is 46.2 Å².